The first-order valence-electron chi connectivity index (χ1n) is 7.72. The van der Waals surface area contributed by atoms with Crippen LogP contribution in [0.5, 0.6) is 0 Å². The zero-order valence-electron chi connectivity index (χ0n) is 12.9. The molecule has 1 aliphatic heterocycles. The maximum atomic E-state index is 6.04. The number of rotatable bonds is 4. The van der Waals surface area contributed by atoms with E-state index in [2.05, 4.69) is 27.3 Å². The smallest absolute Gasteiger partial charge is 0.126 e. The maximum Gasteiger partial charge on any atom is 0.126 e. The first-order valence-corrected chi connectivity index (χ1v) is 7.72. The lowest BCUT2D eigenvalue weighted by Gasteiger charge is -2.27. The van der Waals surface area contributed by atoms with Gasteiger partial charge in [-0.3, -0.25) is 0 Å². The highest BCUT2D eigenvalue weighted by Gasteiger charge is 2.23. The second-order valence-corrected chi connectivity index (χ2v) is 5.68. The molecule has 1 unspecified atom stereocenters. The highest BCUT2D eigenvalue weighted by atomic mass is 15.3. The lowest BCUT2D eigenvalue weighted by molar-refractivity contribution is 0.582. The fraction of sp³-hybridized carbons (Fsp3) is 0.353. The van der Waals surface area contributed by atoms with Crippen molar-refractivity contribution in [1.82, 2.24) is 10.3 Å². The van der Waals surface area contributed by atoms with Crippen molar-refractivity contribution in [1.29, 1.82) is 0 Å². The zero-order valence-corrected chi connectivity index (χ0v) is 12.9. The third-order valence-electron chi connectivity index (χ3n) is 4.21. The Bertz CT molecular complexity index is 655. The van der Waals surface area contributed by atoms with Gasteiger partial charge in [-0.05, 0) is 37.6 Å². The molecule has 1 atom stereocenters. The van der Waals surface area contributed by atoms with Gasteiger partial charge in [0.25, 0.3) is 0 Å². The highest BCUT2D eigenvalue weighted by molar-refractivity contribution is 5.68. The van der Waals surface area contributed by atoms with Crippen molar-refractivity contribution < 1.29 is 0 Å². The third kappa shape index (κ3) is 2.91. The Labute approximate surface area is 131 Å². The summed E-state index contributed by atoms with van der Waals surface area (Å²) >= 11 is 0. The van der Waals surface area contributed by atoms with E-state index >= 15 is 0 Å². The Morgan fingerprint density at radius 2 is 2.18 bits per heavy atom. The number of aromatic nitrogens is 1. The van der Waals surface area contributed by atoms with Gasteiger partial charge < -0.3 is 21.7 Å². The molecule has 0 saturated carbocycles. The molecule has 22 heavy (non-hydrogen) atoms. The Morgan fingerprint density at radius 3 is 2.95 bits per heavy atom. The van der Waals surface area contributed by atoms with Crippen LogP contribution in [0.15, 0.2) is 36.4 Å². The third-order valence-corrected chi connectivity index (χ3v) is 4.21. The molecule has 0 amide bonds. The molecule has 0 spiro atoms. The predicted octanol–water partition coefficient (Wildman–Crippen LogP) is 1.94. The van der Waals surface area contributed by atoms with Gasteiger partial charge in [-0.1, -0.05) is 18.2 Å². The molecule has 1 aromatic carbocycles. The van der Waals surface area contributed by atoms with Crippen LogP contribution >= 0.6 is 0 Å². The van der Waals surface area contributed by atoms with Gasteiger partial charge in [0.15, 0.2) is 0 Å². The van der Waals surface area contributed by atoms with Crippen LogP contribution in [0.3, 0.4) is 0 Å². The molecule has 0 radical (unpaired) electrons. The standard InChI is InChI=1S/C17H23N5/c1-20-17-6-3-7-22(17)14-9-15(21-16(19)10-14)13-5-2-4-12(8-13)11-18/h2,4-5,8-10,17,20H,3,6-7,11,18H2,1H3,(H2,19,21). The molecule has 1 saturated heterocycles. The number of hydrogen-bond acceptors (Lipinski definition) is 5. The van der Waals surface area contributed by atoms with Gasteiger partial charge in [-0.2, -0.15) is 0 Å². The fourth-order valence-electron chi connectivity index (χ4n) is 3.08. The number of anilines is 2. The summed E-state index contributed by atoms with van der Waals surface area (Å²) in [6.07, 6.45) is 2.70. The molecule has 2 heterocycles. The molecule has 1 aromatic heterocycles. The summed E-state index contributed by atoms with van der Waals surface area (Å²) in [6, 6.07) is 12.2. The van der Waals surface area contributed by atoms with Crippen molar-refractivity contribution in [3.8, 4) is 11.3 Å². The van der Waals surface area contributed by atoms with E-state index in [1.165, 1.54) is 6.42 Å². The van der Waals surface area contributed by atoms with Crippen molar-refractivity contribution in [2.75, 3.05) is 24.2 Å². The van der Waals surface area contributed by atoms with E-state index in [-0.39, 0.29) is 0 Å². The van der Waals surface area contributed by atoms with Crippen molar-refractivity contribution in [2.45, 2.75) is 25.6 Å². The molecule has 5 N–H and O–H groups in total. The summed E-state index contributed by atoms with van der Waals surface area (Å²) in [5, 5.41) is 3.36. The van der Waals surface area contributed by atoms with Crippen LogP contribution in [0, 0.1) is 0 Å². The average molecular weight is 297 g/mol. The first-order chi connectivity index (χ1) is 10.7. The average Bonchev–Trinajstić information content (AvgIpc) is 3.03. The minimum absolute atomic E-state index is 0.366. The molecule has 0 bridgehead atoms. The number of nitrogens with one attached hydrogen (secondary N) is 1. The summed E-state index contributed by atoms with van der Waals surface area (Å²) in [6.45, 7) is 1.56. The predicted molar refractivity (Wildman–Crippen MR) is 91.4 cm³/mol. The highest BCUT2D eigenvalue weighted by Crippen LogP contribution is 2.29. The first kappa shape index (κ1) is 14.8. The summed E-state index contributed by atoms with van der Waals surface area (Å²) in [4.78, 5) is 6.85. The van der Waals surface area contributed by atoms with E-state index in [0.29, 0.717) is 18.5 Å². The number of nitrogens with zero attached hydrogens (tertiary/aromatic N) is 2. The van der Waals surface area contributed by atoms with Crippen LogP contribution in [0.2, 0.25) is 0 Å². The van der Waals surface area contributed by atoms with Gasteiger partial charge in [0.2, 0.25) is 0 Å². The minimum Gasteiger partial charge on any atom is -0.384 e. The van der Waals surface area contributed by atoms with Crippen molar-refractivity contribution in [3.63, 3.8) is 0 Å². The Balaban J connectivity index is 1.99. The van der Waals surface area contributed by atoms with E-state index in [1.807, 2.05) is 31.3 Å². The molecule has 5 heteroatoms. The van der Waals surface area contributed by atoms with Crippen molar-refractivity contribution in [2.24, 2.45) is 5.73 Å². The SMILES string of the molecule is CNC1CCCN1c1cc(N)nc(-c2cccc(CN)c2)c1. The van der Waals surface area contributed by atoms with Gasteiger partial charge in [0.05, 0.1) is 11.9 Å². The molecule has 1 fully saturated rings. The topological polar surface area (TPSA) is 80.2 Å². The number of hydrogen-bond donors (Lipinski definition) is 3. The monoisotopic (exact) mass is 297 g/mol. The number of benzene rings is 1. The Morgan fingerprint density at radius 1 is 1.32 bits per heavy atom. The fourth-order valence-corrected chi connectivity index (χ4v) is 3.08. The minimum atomic E-state index is 0.366. The van der Waals surface area contributed by atoms with Gasteiger partial charge in [0.1, 0.15) is 5.82 Å². The summed E-state index contributed by atoms with van der Waals surface area (Å²) in [5.74, 6) is 0.549. The van der Waals surface area contributed by atoms with Crippen LogP contribution in [0.1, 0.15) is 18.4 Å². The van der Waals surface area contributed by atoms with E-state index in [4.69, 9.17) is 11.5 Å². The molecular formula is C17H23N5. The lowest BCUT2D eigenvalue weighted by Crippen LogP contribution is -2.39. The summed E-state index contributed by atoms with van der Waals surface area (Å²) in [5.41, 5.74) is 15.9. The van der Waals surface area contributed by atoms with Gasteiger partial charge in [-0.25, -0.2) is 4.98 Å². The second-order valence-electron chi connectivity index (χ2n) is 5.68. The van der Waals surface area contributed by atoms with E-state index in [1.54, 1.807) is 0 Å². The Hall–Kier alpha value is -2.11. The molecule has 1 aliphatic rings. The van der Waals surface area contributed by atoms with Gasteiger partial charge >= 0.3 is 0 Å². The molecule has 3 rings (SSSR count). The van der Waals surface area contributed by atoms with Crippen molar-refractivity contribution >= 4 is 11.5 Å². The number of nitrogens with two attached hydrogens (primary N) is 2. The summed E-state index contributed by atoms with van der Waals surface area (Å²) < 4.78 is 0. The number of nitrogen functional groups attached to an aromatic ring is 1. The lowest BCUT2D eigenvalue weighted by atomic mass is 10.1. The molecule has 0 aliphatic carbocycles. The van der Waals surface area contributed by atoms with Crippen LogP contribution in [0.4, 0.5) is 11.5 Å². The Kier molecular flexibility index (Phi) is 4.27. The van der Waals surface area contributed by atoms with E-state index < -0.39 is 0 Å². The normalized spacial score (nSPS) is 17.9. The second kappa shape index (κ2) is 6.34. The number of pyridine rings is 1. The quantitative estimate of drug-likeness (QED) is 0.803. The van der Waals surface area contributed by atoms with Crippen LogP contribution in [0.25, 0.3) is 11.3 Å². The van der Waals surface area contributed by atoms with Crippen LogP contribution in [-0.4, -0.2) is 24.7 Å². The van der Waals surface area contributed by atoms with Gasteiger partial charge in [0, 0.05) is 30.4 Å². The molecular weight excluding hydrogens is 274 g/mol. The maximum absolute atomic E-state index is 6.04. The zero-order chi connectivity index (χ0) is 15.5. The van der Waals surface area contributed by atoms with E-state index in [9.17, 15) is 0 Å². The largest absolute Gasteiger partial charge is 0.384 e. The van der Waals surface area contributed by atoms with Crippen molar-refractivity contribution in [3.05, 3.63) is 42.0 Å². The molecule has 5 nitrogen and oxygen atoms in total. The summed E-state index contributed by atoms with van der Waals surface area (Å²) in [7, 11) is 2.00. The van der Waals surface area contributed by atoms with Gasteiger partial charge in [-0.15, -0.1) is 0 Å². The van der Waals surface area contributed by atoms with Crippen LogP contribution < -0.4 is 21.7 Å². The molecule has 116 valence electrons. The van der Waals surface area contributed by atoms with E-state index in [0.717, 1.165) is 35.5 Å². The van der Waals surface area contributed by atoms with Crippen LogP contribution in [-0.2, 0) is 6.54 Å². The molecule has 2 aromatic rings.